The average Bonchev–Trinajstić information content (AvgIpc) is 3.06. The van der Waals surface area contributed by atoms with Crippen LogP contribution in [0.5, 0.6) is 0 Å². The van der Waals surface area contributed by atoms with Crippen LogP contribution in [0.1, 0.15) is 31.0 Å². The van der Waals surface area contributed by atoms with Gasteiger partial charge in [0.1, 0.15) is 11.5 Å². The number of carbonyl (C=O) groups excluding carboxylic acids is 1. The van der Waals surface area contributed by atoms with Crippen molar-refractivity contribution in [1.29, 1.82) is 0 Å². The number of aromatic nitrogens is 2. The van der Waals surface area contributed by atoms with Gasteiger partial charge in [0, 0.05) is 62.6 Å². The summed E-state index contributed by atoms with van der Waals surface area (Å²) in [6.07, 6.45) is 4.89. The van der Waals surface area contributed by atoms with Gasteiger partial charge in [-0.05, 0) is 67.6 Å². The number of hydrogen-bond acceptors (Lipinski definition) is 4. The van der Waals surface area contributed by atoms with Crippen molar-refractivity contribution in [2.45, 2.75) is 32.6 Å². The number of carbonyl (C=O) groups is 1. The van der Waals surface area contributed by atoms with Crippen molar-refractivity contribution >= 4 is 34.1 Å². The number of piperazine rings is 1. The standard InChI is InChI=1S/C24H29N5O/c1-17(30)28-13-15-29(16-14-28)19-9-7-18(8-10-19)25-23-12-11-21-20-5-3-4-6-22(20)27(2)24(21)26-23/h7-12H,3-6,13-16H2,1-2H3,(H,25,26). The summed E-state index contributed by atoms with van der Waals surface area (Å²) in [5.74, 6) is 1.04. The van der Waals surface area contributed by atoms with Gasteiger partial charge in [0.2, 0.25) is 5.91 Å². The lowest BCUT2D eigenvalue weighted by molar-refractivity contribution is -0.129. The van der Waals surface area contributed by atoms with Crippen LogP contribution >= 0.6 is 0 Å². The van der Waals surface area contributed by atoms with Gasteiger partial charge in [0.25, 0.3) is 0 Å². The molecule has 6 nitrogen and oxygen atoms in total. The summed E-state index contributed by atoms with van der Waals surface area (Å²) in [5.41, 5.74) is 6.25. The predicted molar refractivity (Wildman–Crippen MR) is 122 cm³/mol. The molecule has 1 aromatic carbocycles. The quantitative estimate of drug-likeness (QED) is 0.721. The second-order valence-electron chi connectivity index (χ2n) is 8.42. The molecule has 0 saturated carbocycles. The second-order valence-corrected chi connectivity index (χ2v) is 8.42. The number of pyridine rings is 1. The molecular weight excluding hydrogens is 374 g/mol. The van der Waals surface area contributed by atoms with Gasteiger partial charge in [-0.25, -0.2) is 4.98 Å². The van der Waals surface area contributed by atoms with Gasteiger partial charge in [-0.3, -0.25) is 4.79 Å². The summed E-state index contributed by atoms with van der Waals surface area (Å²) in [5, 5.41) is 4.76. The molecule has 1 saturated heterocycles. The van der Waals surface area contributed by atoms with Crippen LogP contribution in [0, 0.1) is 0 Å². The Labute approximate surface area is 177 Å². The Bertz CT molecular complexity index is 1080. The van der Waals surface area contributed by atoms with Crippen LogP contribution in [0.3, 0.4) is 0 Å². The predicted octanol–water partition coefficient (Wildman–Crippen LogP) is 3.86. The molecule has 0 radical (unpaired) electrons. The summed E-state index contributed by atoms with van der Waals surface area (Å²) < 4.78 is 2.28. The minimum Gasteiger partial charge on any atom is -0.368 e. The summed E-state index contributed by atoms with van der Waals surface area (Å²) in [7, 11) is 2.14. The monoisotopic (exact) mass is 403 g/mol. The molecule has 30 heavy (non-hydrogen) atoms. The minimum absolute atomic E-state index is 0.165. The van der Waals surface area contributed by atoms with Crippen molar-refractivity contribution in [3.63, 3.8) is 0 Å². The van der Waals surface area contributed by atoms with Crippen LogP contribution < -0.4 is 10.2 Å². The van der Waals surface area contributed by atoms with Crippen LogP contribution in [0.25, 0.3) is 11.0 Å². The van der Waals surface area contributed by atoms with Crippen LogP contribution in [0.2, 0.25) is 0 Å². The van der Waals surface area contributed by atoms with E-state index in [4.69, 9.17) is 4.98 Å². The minimum atomic E-state index is 0.165. The molecule has 3 heterocycles. The zero-order chi connectivity index (χ0) is 20.7. The van der Waals surface area contributed by atoms with Crippen molar-refractivity contribution in [2.24, 2.45) is 7.05 Å². The molecule has 2 aromatic heterocycles. The maximum atomic E-state index is 11.5. The number of amides is 1. The number of fused-ring (bicyclic) bond motifs is 3. The van der Waals surface area contributed by atoms with Crippen LogP contribution in [0.15, 0.2) is 36.4 Å². The highest BCUT2D eigenvalue weighted by Crippen LogP contribution is 2.32. The van der Waals surface area contributed by atoms with E-state index in [1.807, 2.05) is 4.90 Å². The van der Waals surface area contributed by atoms with Gasteiger partial charge in [0.05, 0.1) is 0 Å². The van der Waals surface area contributed by atoms with Crippen molar-refractivity contribution < 1.29 is 4.79 Å². The first-order valence-electron chi connectivity index (χ1n) is 10.9. The molecule has 1 fully saturated rings. The fraction of sp³-hybridized carbons (Fsp3) is 0.417. The smallest absolute Gasteiger partial charge is 0.219 e. The maximum absolute atomic E-state index is 11.5. The molecule has 156 valence electrons. The van der Waals surface area contributed by atoms with Gasteiger partial charge in [-0.15, -0.1) is 0 Å². The van der Waals surface area contributed by atoms with E-state index < -0.39 is 0 Å². The van der Waals surface area contributed by atoms with Gasteiger partial charge >= 0.3 is 0 Å². The number of hydrogen-bond donors (Lipinski definition) is 1. The van der Waals surface area contributed by atoms with Gasteiger partial charge < -0.3 is 19.7 Å². The third-order valence-corrected chi connectivity index (χ3v) is 6.59. The van der Waals surface area contributed by atoms with Gasteiger partial charge in [0.15, 0.2) is 0 Å². The molecule has 1 N–H and O–H groups in total. The second kappa shape index (κ2) is 7.67. The third-order valence-electron chi connectivity index (χ3n) is 6.59. The zero-order valence-corrected chi connectivity index (χ0v) is 17.8. The lowest BCUT2D eigenvalue weighted by atomic mass is 9.96. The molecule has 1 aliphatic carbocycles. The number of rotatable bonds is 3. The van der Waals surface area contributed by atoms with E-state index in [1.165, 1.54) is 41.6 Å². The SMILES string of the molecule is CC(=O)N1CCN(c2ccc(Nc3ccc4c5c(n(C)c4n3)CCCC5)cc2)CC1. The number of anilines is 3. The Morgan fingerprint density at radius 1 is 0.967 bits per heavy atom. The highest BCUT2D eigenvalue weighted by molar-refractivity contribution is 5.84. The average molecular weight is 404 g/mol. The zero-order valence-electron chi connectivity index (χ0n) is 17.8. The van der Waals surface area contributed by atoms with Crippen molar-refractivity contribution in [3.05, 3.63) is 47.7 Å². The van der Waals surface area contributed by atoms with E-state index in [9.17, 15) is 4.79 Å². The number of benzene rings is 1. The molecular formula is C24H29N5O. The highest BCUT2D eigenvalue weighted by Gasteiger charge is 2.20. The van der Waals surface area contributed by atoms with Crippen LogP contribution in [-0.2, 0) is 24.7 Å². The number of nitrogens with one attached hydrogen (secondary N) is 1. The van der Waals surface area contributed by atoms with Crippen molar-refractivity contribution in [3.8, 4) is 0 Å². The topological polar surface area (TPSA) is 53.4 Å². The molecule has 6 heteroatoms. The first-order chi connectivity index (χ1) is 14.6. The molecule has 2 aliphatic rings. The normalized spacial score (nSPS) is 16.6. The third kappa shape index (κ3) is 3.40. The van der Waals surface area contributed by atoms with Gasteiger partial charge in [-0.2, -0.15) is 0 Å². The van der Waals surface area contributed by atoms with Crippen molar-refractivity contribution in [2.75, 3.05) is 36.4 Å². The molecule has 0 atom stereocenters. The Hall–Kier alpha value is -3.02. The van der Waals surface area contributed by atoms with Gasteiger partial charge in [-0.1, -0.05) is 0 Å². The maximum Gasteiger partial charge on any atom is 0.219 e. The summed E-state index contributed by atoms with van der Waals surface area (Å²) in [4.78, 5) is 20.7. The summed E-state index contributed by atoms with van der Waals surface area (Å²) >= 11 is 0. The van der Waals surface area contributed by atoms with E-state index in [1.54, 1.807) is 6.92 Å². The fourth-order valence-corrected chi connectivity index (χ4v) is 4.87. The highest BCUT2D eigenvalue weighted by atomic mass is 16.2. The molecule has 1 amide bonds. The number of aryl methyl sites for hydroxylation is 2. The number of nitrogens with zero attached hydrogens (tertiary/aromatic N) is 4. The molecule has 1 aliphatic heterocycles. The largest absolute Gasteiger partial charge is 0.368 e. The summed E-state index contributed by atoms with van der Waals surface area (Å²) in [6.45, 7) is 4.98. The van der Waals surface area contributed by atoms with Crippen molar-refractivity contribution in [1.82, 2.24) is 14.5 Å². The van der Waals surface area contributed by atoms with E-state index in [0.717, 1.165) is 49.8 Å². The van der Waals surface area contributed by atoms with E-state index in [2.05, 4.69) is 58.2 Å². The molecule has 3 aromatic rings. The lowest BCUT2D eigenvalue weighted by Crippen LogP contribution is -2.48. The Morgan fingerprint density at radius 3 is 2.43 bits per heavy atom. The summed E-state index contributed by atoms with van der Waals surface area (Å²) in [6, 6.07) is 12.8. The van der Waals surface area contributed by atoms with E-state index >= 15 is 0 Å². The van der Waals surface area contributed by atoms with E-state index in [-0.39, 0.29) is 5.91 Å². The molecule has 0 spiro atoms. The molecule has 0 bridgehead atoms. The van der Waals surface area contributed by atoms with Crippen LogP contribution in [-0.4, -0.2) is 46.5 Å². The van der Waals surface area contributed by atoms with Crippen LogP contribution in [0.4, 0.5) is 17.2 Å². The first-order valence-corrected chi connectivity index (χ1v) is 10.9. The van der Waals surface area contributed by atoms with E-state index in [0.29, 0.717) is 0 Å². The molecule has 5 rings (SSSR count). The fourth-order valence-electron chi connectivity index (χ4n) is 4.87. The Kier molecular flexibility index (Phi) is 4.85. The first kappa shape index (κ1) is 19.0. The Morgan fingerprint density at radius 2 is 1.70 bits per heavy atom. The molecule has 0 unspecified atom stereocenters. The lowest BCUT2D eigenvalue weighted by Gasteiger charge is -2.35. The Balaban J connectivity index is 1.31.